The molecule has 2 saturated heterocycles. The zero-order valence-electron chi connectivity index (χ0n) is 22.3. The Morgan fingerprint density at radius 2 is 1.92 bits per heavy atom. The van der Waals surface area contributed by atoms with Gasteiger partial charge in [0, 0.05) is 36.6 Å². The van der Waals surface area contributed by atoms with Crippen LogP contribution in [0.2, 0.25) is 0 Å². The van der Waals surface area contributed by atoms with Crippen molar-refractivity contribution < 1.29 is 4.74 Å². The summed E-state index contributed by atoms with van der Waals surface area (Å²) in [5.41, 5.74) is 8.95. The number of aliphatic imine (C=N–C) groups is 2. The van der Waals surface area contributed by atoms with Gasteiger partial charge < -0.3 is 24.8 Å². The molecule has 8 nitrogen and oxygen atoms in total. The van der Waals surface area contributed by atoms with E-state index in [1.807, 2.05) is 20.0 Å². The lowest BCUT2D eigenvalue weighted by molar-refractivity contribution is 0.183. The van der Waals surface area contributed by atoms with Crippen LogP contribution in [0.5, 0.6) is 5.75 Å². The van der Waals surface area contributed by atoms with E-state index in [9.17, 15) is 0 Å². The molecule has 5 rings (SSSR count). The fourth-order valence-electron chi connectivity index (χ4n) is 5.90. The molecule has 0 saturated carbocycles. The van der Waals surface area contributed by atoms with Crippen LogP contribution < -0.4 is 15.4 Å². The molecule has 1 aromatic heterocycles. The first-order valence-corrected chi connectivity index (χ1v) is 13.6. The van der Waals surface area contributed by atoms with Crippen LogP contribution in [-0.2, 0) is 6.54 Å². The summed E-state index contributed by atoms with van der Waals surface area (Å²) in [6.45, 7) is 10.7. The Labute approximate surface area is 215 Å². The third-order valence-corrected chi connectivity index (χ3v) is 7.65. The molecule has 36 heavy (non-hydrogen) atoms. The Morgan fingerprint density at radius 3 is 2.67 bits per heavy atom. The Bertz CT molecular complexity index is 1120. The van der Waals surface area contributed by atoms with Crippen LogP contribution >= 0.6 is 0 Å². The maximum Gasteiger partial charge on any atom is 0.177 e. The fourth-order valence-corrected chi connectivity index (χ4v) is 5.90. The van der Waals surface area contributed by atoms with E-state index in [0.29, 0.717) is 24.3 Å². The van der Waals surface area contributed by atoms with Crippen LogP contribution in [0.3, 0.4) is 0 Å². The van der Waals surface area contributed by atoms with Crippen LogP contribution in [0, 0.1) is 5.92 Å². The van der Waals surface area contributed by atoms with Gasteiger partial charge in [-0.1, -0.05) is 0 Å². The van der Waals surface area contributed by atoms with E-state index in [1.54, 1.807) is 6.92 Å². The number of nitrogens with zero attached hydrogens (tertiary/aromatic N) is 6. The number of piperidine rings is 2. The van der Waals surface area contributed by atoms with Crippen LogP contribution in [0.1, 0.15) is 58.6 Å². The zero-order valence-corrected chi connectivity index (χ0v) is 22.3. The summed E-state index contributed by atoms with van der Waals surface area (Å²) in [5, 5.41) is 0. The van der Waals surface area contributed by atoms with Crippen LogP contribution in [-0.4, -0.2) is 71.5 Å². The van der Waals surface area contributed by atoms with Crippen molar-refractivity contribution in [3.05, 3.63) is 30.1 Å². The number of likely N-dealkylation sites (tertiary alicyclic amines) is 1. The molecule has 2 fully saturated rings. The van der Waals surface area contributed by atoms with Gasteiger partial charge in [0.2, 0.25) is 0 Å². The van der Waals surface area contributed by atoms with E-state index in [4.69, 9.17) is 15.5 Å². The largest absolute Gasteiger partial charge is 0.491 e. The first-order chi connectivity index (χ1) is 17.4. The maximum absolute atomic E-state index is 6.27. The van der Waals surface area contributed by atoms with E-state index >= 15 is 0 Å². The topological polar surface area (TPSA) is 84.3 Å². The van der Waals surface area contributed by atoms with Gasteiger partial charge in [-0.15, -0.1) is 0 Å². The molecule has 0 spiro atoms. The number of hydrogen-bond donors (Lipinski definition) is 1. The van der Waals surface area contributed by atoms with Crippen molar-refractivity contribution in [2.24, 2.45) is 21.6 Å². The molecule has 4 heterocycles. The van der Waals surface area contributed by atoms with Gasteiger partial charge >= 0.3 is 0 Å². The molecule has 3 aliphatic heterocycles. The zero-order chi connectivity index (χ0) is 25.2. The predicted octanol–water partition coefficient (Wildman–Crippen LogP) is 4.18. The van der Waals surface area contributed by atoms with Crippen molar-refractivity contribution in [1.29, 1.82) is 0 Å². The van der Waals surface area contributed by atoms with Gasteiger partial charge in [-0.05, 0) is 91.1 Å². The highest BCUT2D eigenvalue weighted by atomic mass is 16.5. The molecule has 2 aromatic rings. The molecule has 0 aliphatic carbocycles. The highest BCUT2D eigenvalue weighted by Gasteiger charge is 2.32. The summed E-state index contributed by atoms with van der Waals surface area (Å²) in [6.07, 6.45) is 8.50. The van der Waals surface area contributed by atoms with Gasteiger partial charge in [-0.3, -0.25) is 4.99 Å². The molecule has 194 valence electrons. The minimum absolute atomic E-state index is 0.102. The van der Waals surface area contributed by atoms with Crippen LogP contribution in [0.25, 0.3) is 11.4 Å². The predicted molar refractivity (Wildman–Crippen MR) is 147 cm³/mol. The summed E-state index contributed by atoms with van der Waals surface area (Å²) < 4.78 is 8.43. The average Bonchev–Trinajstić information content (AvgIpc) is 3.20. The Kier molecular flexibility index (Phi) is 7.32. The number of benzene rings is 1. The molecule has 0 amide bonds. The molecule has 0 bridgehead atoms. The van der Waals surface area contributed by atoms with Crippen molar-refractivity contribution in [3.8, 4) is 17.1 Å². The van der Waals surface area contributed by atoms with Crippen LogP contribution in [0.4, 0.5) is 5.69 Å². The van der Waals surface area contributed by atoms with Gasteiger partial charge in [-0.2, -0.15) is 0 Å². The number of ether oxygens (including phenoxy) is 1. The molecule has 0 radical (unpaired) electrons. The molecule has 8 heteroatoms. The third-order valence-electron chi connectivity index (χ3n) is 7.65. The second-order valence-corrected chi connectivity index (χ2v) is 10.9. The van der Waals surface area contributed by atoms with E-state index in [-0.39, 0.29) is 6.04 Å². The SMILES string of the molecule is CC(N)=NC(=NC(C)C)c1cn2c(n1)-c1ccc(N3CCCCC3C3CCN(C)CC3)cc1OCC2. The minimum Gasteiger partial charge on any atom is -0.491 e. The highest BCUT2D eigenvalue weighted by molar-refractivity contribution is 6.04. The number of rotatable bonds is 4. The van der Waals surface area contributed by atoms with E-state index in [0.717, 1.165) is 41.8 Å². The Balaban J connectivity index is 1.46. The summed E-state index contributed by atoms with van der Waals surface area (Å²) in [7, 11) is 2.25. The van der Waals surface area contributed by atoms with Crippen molar-refractivity contribution in [1.82, 2.24) is 14.5 Å². The van der Waals surface area contributed by atoms with E-state index in [1.165, 1.54) is 50.9 Å². The van der Waals surface area contributed by atoms with Gasteiger partial charge in [0.1, 0.15) is 23.9 Å². The summed E-state index contributed by atoms with van der Waals surface area (Å²) in [4.78, 5) is 19.2. The highest BCUT2D eigenvalue weighted by Crippen LogP contribution is 2.39. The average molecular weight is 492 g/mol. The lowest BCUT2D eigenvalue weighted by Gasteiger charge is -2.44. The van der Waals surface area contributed by atoms with Crippen molar-refractivity contribution in [2.45, 2.75) is 71.5 Å². The van der Waals surface area contributed by atoms with E-state index in [2.05, 4.69) is 49.6 Å². The normalized spacial score (nSPS) is 22.2. The Hall–Kier alpha value is -2.87. The number of nitrogens with two attached hydrogens (primary N) is 1. The standard InChI is InChI=1S/C28H41N7O/c1-19(2)30-27(31-20(3)29)24-18-34-15-16-36-26-17-22(8-9-23(26)28(34)32-24)35-12-6-5-7-25(35)21-10-13-33(4)14-11-21/h8-9,17-19,21,25H,5-7,10-16H2,1-4H3,(H2,29,30,31). The number of imidazole rings is 1. The third kappa shape index (κ3) is 5.28. The monoisotopic (exact) mass is 491 g/mol. The summed E-state index contributed by atoms with van der Waals surface area (Å²) in [5.74, 6) is 3.64. The van der Waals surface area contributed by atoms with Gasteiger partial charge in [-0.25, -0.2) is 9.98 Å². The van der Waals surface area contributed by atoms with E-state index < -0.39 is 0 Å². The summed E-state index contributed by atoms with van der Waals surface area (Å²) >= 11 is 0. The van der Waals surface area contributed by atoms with Crippen molar-refractivity contribution in [2.75, 3.05) is 38.2 Å². The van der Waals surface area contributed by atoms with Gasteiger partial charge in [0.05, 0.1) is 17.9 Å². The van der Waals surface area contributed by atoms with Gasteiger partial charge in [0.25, 0.3) is 0 Å². The van der Waals surface area contributed by atoms with Crippen LogP contribution in [0.15, 0.2) is 34.4 Å². The molecule has 1 aromatic carbocycles. The first-order valence-electron chi connectivity index (χ1n) is 13.6. The fraction of sp³-hybridized carbons (Fsp3) is 0.607. The minimum atomic E-state index is 0.102. The molecule has 1 unspecified atom stereocenters. The number of fused-ring (bicyclic) bond motifs is 3. The second kappa shape index (κ2) is 10.6. The number of aromatic nitrogens is 2. The quantitative estimate of drug-likeness (QED) is 0.512. The number of anilines is 1. The van der Waals surface area contributed by atoms with Gasteiger partial charge in [0.15, 0.2) is 5.84 Å². The molecular weight excluding hydrogens is 450 g/mol. The molecular formula is C28H41N7O. The Morgan fingerprint density at radius 1 is 1.11 bits per heavy atom. The summed E-state index contributed by atoms with van der Waals surface area (Å²) in [6, 6.07) is 7.43. The second-order valence-electron chi connectivity index (χ2n) is 10.9. The number of amidine groups is 2. The molecule has 1 atom stereocenters. The first kappa shape index (κ1) is 24.8. The lowest BCUT2D eigenvalue weighted by atomic mass is 9.83. The van der Waals surface area contributed by atoms with Crippen molar-refractivity contribution >= 4 is 17.4 Å². The molecule has 3 aliphatic rings. The lowest BCUT2D eigenvalue weighted by Crippen LogP contribution is -2.47. The maximum atomic E-state index is 6.27. The smallest absolute Gasteiger partial charge is 0.177 e. The molecule has 2 N–H and O–H groups in total. The number of hydrogen-bond acceptors (Lipinski definition) is 5. The van der Waals surface area contributed by atoms with Crippen molar-refractivity contribution in [3.63, 3.8) is 0 Å².